The maximum Gasteiger partial charge on any atom is 0.143 e. The van der Waals surface area contributed by atoms with E-state index in [1.165, 1.54) is 12.1 Å². The normalized spacial score (nSPS) is 19.0. The summed E-state index contributed by atoms with van der Waals surface area (Å²) in [5.74, 6) is -1.10. The van der Waals surface area contributed by atoms with Gasteiger partial charge in [-0.1, -0.05) is 0 Å². The first-order valence-electron chi connectivity index (χ1n) is 6.40. The lowest BCUT2D eigenvalue weighted by Crippen LogP contribution is -2.45. The van der Waals surface area contributed by atoms with Gasteiger partial charge in [0.25, 0.3) is 0 Å². The molecule has 5 heteroatoms. The SMILES string of the molecule is COC1(CC(N)Cc2c(F)ccc(Br)c2F)CCC1. The first-order valence-corrected chi connectivity index (χ1v) is 7.20. The zero-order valence-electron chi connectivity index (χ0n) is 10.9. The van der Waals surface area contributed by atoms with Gasteiger partial charge in [0.2, 0.25) is 0 Å². The standard InChI is InChI=1S/C14H18BrF2NO/c1-19-14(5-2-6-14)8-9(18)7-10-12(16)4-3-11(15)13(10)17/h3-4,9H,2,5-8,18H2,1H3. The lowest BCUT2D eigenvalue weighted by molar-refractivity contribution is -0.0814. The van der Waals surface area contributed by atoms with Gasteiger partial charge in [0.15, 0.2) is 0 Å². The molecule has 0 aliphatic heterocycles. The second kappa shape index (κ2) is 5.85. The summed E-state index contributed by atoms with van der Waals surface area (Å²) >= 11 is 3.06. The molecule has 2 N–H and O–H groups in total. The fourth-order valence-electron chi connectivity index (χ4n) is 2.63. The highest BCUT2D eigenvalue weighted by atomic mass is 79.9. The Kier molecular flexibility index (Phi) is 4.58. The van der Waals surface area contributed by atoms with Crippen LogP contribution in [0.5, 0.6) is 0 Å². The zero-order valence-corrected chi connectivity index (χ0v) is 12.5. The minimum absolute atomic E-state index is 0.0486. The van der Waals surface area contributed by atoms with Gasteiger partial charge in [-0.2, -0.15) is 0 Å². The molecule has 1 aromatic rings. The van der Waals surface area contributed by atoms with Crippen LogP contribution in [0.1, 0.15) is 31.2 Å². The molecule has 0 amide bonds. The predicted octanol–water partition coefficient (Wildman–Crippen LogP) is 3.56. The third kappa shape index (κ3) is 3.15. The molecule has 1 fully saturated rings. The highest BCUT2D eigenvalue weighted by Gasteiger charge is 2.38. The number of nitrogens with two attached hydrogens (primary N) is 1. The average Bonchev–Trinajstić information content (AvgIpc) is 2.34. The Labute approximate surface area is 120 Å². The van der Waals surface area contributed by atoms with Crippen LogP contribution in [0.25, 0.3) is 0 Å². The summed E-state index contributed by atoms with van der Waals surface area (Å²) in [6.45, 7) is 0. The monoisotopic (exact) mass is 333 g/mol. The van der Waals surface area contributed by atoms with E-state index < -0.39 is 11.6 Å². The summed E-state index contributed by atoms with van der Waals surface area (Å²) in [5.41, 5.74) is 5.90. The van der Waals surface area contributed by atoms with Gasteiger partial charge in [-0.05, 0) is 60.2 Å². The summed E-state index contributed by atoms with van der Waals surface area (Å²) in [5, 5.41) is 0. The quantitative estimate of drug-likeness (QED) is 0.836. The van der Waals surface area contributed by atoms with Crippen LogP contribution in [0.15, 0.2) is 16.6 Å². The van der Waals surface area contributed by atoms with Crippen LogP contribution in [0.2, 0.25) is 0 Å². The van der Waals surface area contributed by atoms with Gasteiger partial charge in [-0.3, -0.25) is 0 Å². The molecule has 19 heavy (non-hydrogen) atoms. The summed E-state index contributed by atoms with van der Waals surface area (Å²) in [6.07, 6.45) is 3.89. The minimum Gasteiger partial charge on any atom is -0.378 e. The lowest BCUT2D eigenvalue weighted by Gasteiger charge is -2.42. The molecule has 0 radical (unpaired) electrons. The molecule has 2 rings (SSSR count). The Morgan fingerprint density at radius 1 is 1.42 bits per heavy atom. The largest absolute Gasteiger partial charge is 0.378 e. The van der Waals surface area contributed by atoms with Crippen LogP contribution >= 0.6 is 15.9 Å². The Balaban J connectivity index is 2.07. The molecule has 0 heterocycles. The van der Waals surface area contributed by atoms with Crippen molar-refractivity contribution in [3.63, 3.8) is 0 Å². The molecule has 0 aromatic heterocycles. The Morgan fingerprint density at radius 3 is 2.63 bits per heavy atom. The summed E-state index contributed by atoms with van der Waals surface area (Å²) in [6, 6.07) is 2.31. The number of methoxy groups -OCH3 is 1. The van der Waals surface area contributed by atoms with Crippen molar-refractivity contribution in [2.75, 3.05) is 7.11 Å². The van der Waals surface area contributed by atoms with Crippen molar-refractivity contribution in [1.29, 1.82) is 0 Å². The second-order valence-corrected chi connectivity index (χ2v) is 6.09. The molecular formula is C14H18BrF2NO. The van der Waals surface area contributed by atoms with Crippen molar-refractivity contribution >= 4 is 15.9 Å². The van der Waals surface area contributed by atoms with Crippen LogP contribution in [0.3, 0.4) is 0 Å². The molecule has 0 spiro atoms. The third-order valence-corrected chi connectivity index (χ3v) is 4.55. The smallest absolute Gasteiger partial charge is 0.143 e. The van der Waals surface area contributed by atoms with E-state index in [2.05, 4.69) is 15.9 Å². The van der Waals surface area contributed by atoms with Crippen molar-refractivity contribution in [2.45, 2.75) is 43.7 Å². The van der Waals surface area contributed by atoms with E-state index in [0.29, 0.717) is 6.42 Å². The highest BCUT2D eigenvalue weighted by molar-refractivity contribution is 9.10. The molecule has 2 nitrogen and oxygen atoms in total. The molecule has 1 unspecified atom stereocenters. The summed E-state index contributed by atoms with van der Waals surface area (Å²) in [4.78, 5) is 0. The molecule has 1 aliphatic carbocycles. The number of ether oxygens (including phenoxy) is 1. The van der Waals surface area contributed by atoms with Gasteiger partial charge in [-0.15, -0.1) is 0 Å². The molecule has 1 atom stereocenters. The fraction of sp³-hybridized carbons (Fsp3) is 0.571. The van der Waals surface area contributed by atoms with Crippen LogP contribution in [0, 0.1) is 11.6 Å². The van der Waals surface area contributed by atoms with E-state index in [-0.39, 0.29) is 28.1 Å². The number of rotatable bonds is 5. The van der Waals surface area contributed by atoms with Gasteiger partial charge in [-0.25, -0.2) is 8.78 Å². The third-order valence-electron chi connectivity index (χ3n) is 3.94. The topological polar surface area (TPSA) is 35.2 Å². The van der Waals surface area contributed by atoms with E-state index in [1.807, 2.05) is 0 Å². The van der Waals surface area contributed by atoms with Crippen molar-refractivity contribution in [2.24, 2.45) is 5.73 Å². The van der Waals surface area contributed by atoms with Crippen molar-refractivity contribution in [3.8, 4) is 0 Å². The van der Waals surface area contributed by atoms with E-state index in [4.69, 9.17) is 10.5 Å². The van der Waals surface area contributed by atoms with Crippen molar-refractivity contribution in [1.82, 2.24) is 0 Å². The van der Waals surface area contributed by atoms with E-state index in [9.17, 15) is 8.78 Å². The van der Waals surface area contributed by atoms with Gasteiger partial charge in [0, 0.05) is 18.7 Å². The van der Waals surface area contributed by atoms with Crippen molar-refractivity contribution < 1.29 is 13.5 Å². The van der Waals surface area contributed by atoms with E-state index >= 15 is 0 Å². The van der Waals surface area contributed by atoms with Crippen LogP contribution in [-0.2, 0) is 11.2 Å². The zero-order chi connectivity index (χ0) is 14.0. The molecule has 1 saturated carbocycles. The first kappa shape index (κ1) is 14.9. The minimum atomic E-state index is -0.560. The first-order chi connectivity index (χ1) is 8.97. The maximum atomic E-state index is 13.9. The van der Waals surface area contributed by atoms with Crippen molar-refractivity contribution in [3.05, 3.63) is 33.8 Å². The number of hydrogen-bond acceptors (Lipinski definition) is 2. The number of hydrogen-bond donors (Lipinski definition) is 1. The summed E-state index contributed by atoms with van der Waals surface area (Å²) < 4.78 is 33.3. The second-order valence-electron chi connectivity index (χ2n) is 5.23. The molecular weight excluding hydrogens is 316 g/mol. The Hall–Kier alpha value is -0.520. The van der Waals surface area contributed by atoms with Gasteiger partial charge in [0.05, 0.1) is 10.1 Å². The highest BCUT2D eigenvalue weighted by Crippen LogP contribution is 2.39. The van der Waals surface area contributed by atoms with Gasteiger partial charge in [0.1, 0.15) is 11.6 Å². The molecule has 1 aromatic carbocycles. The van der Waals surface area contributed by atoms with Crippen LogP contribution in [0.4, 0.5) is 8.78 Å². The maximum absolute atomic E-state index is 13.9. The number of halogens is 3. The van der Waals surface area contributed by atoms with Crippen LogP contribution < -0.4 is 5.73 Å². The molecule has 0 saturated heterocycles. The van der Waals surface area contributed by atoms with E-state index in [1.54, 1.807) is 7.11 Å². The molecule has 1 aliphatic rings. The Morgan fingerprint density at radius 2 is 2.11 bits per heavy atom. The average molecular weight is 334 g/mol. The van der Waals surface area contributed by atoms with Gasteiger partial charge >= 0.3 is 0 Å². The van der Waals surface area contributed by atoms with Gasteiger partial charge < -0.3 is 10.5 Å². The predicted molar refractivity (Wildman–Crippen MR) is 73.9 cm³/mol. The molecule has 106 valence electrons. The lowest BCUT2D eigenvalue weighted by atomic mass is 9.75. The summed E-state index contributed by atoms with van der Waals surface area (Å²) in [7, 11) is 1.67. The fourth-order valence-corrected chi connectivity index (χ4v) is 3.00. The number of benzene rings is 1. The van der Waals surface area contributed by atoms with E-state index in [0.717, 1.165) is 19.3 Å². The Bertz CT molecular complexity index is 457. The molecule has 0 bridgehead atoms. The van der Waals surface area contributed by atoms with Crippen LogP contribution in [-0.4, -0.2) is 18.8 Å².